The lowest BCUT2D eigenvalue weighted by atomic mass is 10.1. The van der Waals surface area contributed by atoms with Crippen molar-refractivity contribution in [2.45, 2.75) is 13.3 Å². The fourth-order valence-electron chi connectivity index (χ4n) is 3.32. The Hall–Kier alpha value is -2.57. The van der Waals surface area contributed by atoms with E-state index in [9.17, 15) is 9.59 Å². The van der Waals surface area contributed by atoms with E-state index in [1.165, 1.54) is 11.8 Å². The topological polar surface area (TPSA) is 53.0 Å². The van der Waals surface area contributed by atoms with Gasteiger partial charge in [-0.2, -0.15) is 4.99 Å². The molecule has 2 amide bonds. The zero-order valence-corrected chi connectivity index (χ0v) is 17.0. The Morgan fingerprint density at radius 3 is 2.54 bits per heavy atom. The van der Waals surface area contributed by atoms with Crippen molar-refractivity contribution in [3.8, 4) is 0 Å². The van der Waals surface area contributed by atoms with Gasteiger partial charge in [-0.25, -0.2) is 0 Å². The Morgan fingerprint density at radius 2 is 1.82 bits per heavy atom. The van der Waals surface area contributed by atoms with Crippen LogP contribution in [0.15, 0.2) is 58.4 Å². The molecule has 2 aliphatic heterocycles. The van der Waals surface area contributed by atoms with Gasteiger partial charge in [-0.05, 0) is 48.5 Å². The van der Waals surface area contributed by atoms with E-state index in [-0.39, 0.29) is 11.8 Å². The zero-order chi connectivity index (χ0) is 19.8. The number of anilines is 2. The van der Waals surface area contributed by atoms with E-state index in [0.29, 0.717) is 27.2 Å². The lowest BCUT2D eigenvalue weighted by molar-refractivity contribution is -0.115. The quantitative estimate of drug-likeness (QED) is 0.694. The molecule has 7 heteroatoms. The average Bonchev–Trinajstić information content (AvgIpc) is 3.20. The van der Waals surface area contributed by atoms with Crippen LogP contribution in [0.25, 0.3) is 5.57 Å². The second-order valence-electron chi connectivity index (χ2n) is 6.52. The Balaban J connectivity index is 1.71. The highest BCUT2D eigenvalue weighted by molar-refractivity contribution is 8.19. The molecule has 0 spiro atoms. The first-order chi connectivity index (χ1) is 13.5. The van der Waals surface area contributed by atoms with Crippen molar-refractivity contribution in [1.29, 1.82) is 0 Å². The lowest BCUT2D eigenvalue weighted by Gasteiger charge is -2.18. The number of nitrogens with zero attached hydrogens (tertiary/aromatic N) is 3. The summed E-state index contributed by atoms with van der Waals surface area (Å²) in [5.41, 5.74) is 2.95. The Bertz CT molecular complexity index is 1030. The minimum Gasteiger partial charge on any atom is -0.324 e. The molecule has 0 saturated heterocycles. The van der Waals surface area contributed by atoms with E-state index in [4.69, 9.17) is 11.6 Å². The molecule has 0 atom stereocenters. The fourth-order valence-corrected chi connectivity index (χ4v) is 4.43. The summed E-state index contributed by atoms with van der Waals surface area (Å²) in [7, 11) is 1.84. The van der Waals surface area contributed by atoms with Crippen LogP contribution >= 0.6 is 23.4 Å². The van der Waals surface area contributed by atoms with E-state index in [2.05, 4.69) is 4.99 Å². The van der Waals surface area contributed by atoms with Gasteiger partial charge >= 0.3 is 0 Å². The molecule has 4 rings (SSSR count). The number of halogens is 1. The molecule has 2 heterocycles. The van der Waals surface area contributed by atoms with Gasteiger partial charge in [0.15, 0.2) is 5.17 Å². The number of hydrogen-bond donors (Lipinski definition) is 0. The Labute approximate surface area is 172 Å². The van der Waals surface area contributed by atoms with E-state index in [0.717, 1.165) is 23.4 Å². The van der Waals surface area contributed by atoms with Gasteiger partial charge < -0.3 is 9.80 Å². The molecule has 0 aliphatic carbocycles. The van der Waals surface area contributed by atoms with Crippen molar-refractivity contribution in [2.24, 2.45) is 4.99 Å². The summed E-state index contributed by atoms with van der Waals surface area (Å²) in [4.78, 5) is 33.9. The maximum absolute atomic E-state index is 13.1. The normalized spacial score (nSPS) is 18.5. The van der Waals surface area contributed by atoms with E-state index < -0.39 is 0 Å². The second-order valence-corrected chi connectivity index (χ2v) is 7.93. The van der Waals surface area contributed by atoms with Gasteiger partial charge in [-0.15, -0.1) is 0 Å². The average molecular weight is 412 g/mol. The molecule has 0 radical (unpaired) electrons. The number of benzene rings is 2. The minimum absolute atomic E-state index is 0.135. The standard InChI is InChI=1S/C21H18ClN3O2S/c1-3-12-25-16-7-5-4-6-15(16)17(20(25)27)18-19(26)23-21(28-18)24(2)14-10-8-13(22)9-11-14/h4-11H,3,12H2,1-2H3/b18-17-. The third-order valence-electron chi connectivity index (χ3n) is 4.68. The molecule has 0 saturated carbocycles. The van der Waals surface area contributed by atoms with Crippen molar-refractivity contribution < 1.29 is 9.59 Å². The van der Waals surface area contributed by atoms with Crippen LogP contribution in [0.2, 0.25) is 5.02 Å². The Morgan fingerprint density at radius 1 is 1.11 bits per heavy atom. The number of carbonyl (C=O) groups excluding carboxylic acids is 2. The fraction of sp³-hybridized carbons (Fsp3) is 0.190. The first-order valence-electron chi connectivity index (χ1n) is 8.97. The van der Waals surface area contributed by atoms with Crippen molar-refractivity contribution in [1.82, 2.24) is 0 Å². The van der Waals surface area contributed by atoms with Gasteiger partial charge in [0, 0.05) is 29.9 Å². The molecule has 28 heavy (non-hydrogen) atoms. The molecule has 142 valence electrons. The summed E-state index contributed by atoms with van der Waals surface area (Å²) >= 11 is 7.19. The maximum Gasteiger partial charge on any atom is 0.287 e. The number of aliphatic imine (C=N–C) groups is 1. The molecule has 2 aromatic rings. The van der Waals surface area contributed by atoms with Gasteiger partial charge in [0.05, 0.1) is 16.2 Å². The van der Waals surface area contributed by atoms with Crippen LogP contribution in [0.5, 0.6) is 0 Å². The number of para-hydroxylation sites is 1. The largest absolute Gasteiger partial charge is 0.324 e. The molecule has 0 fully saturated rings. The predicted molar refractivity (Wildman–Crippen MR) is 116 cm³/mol. The van der Waals surface area contributed by atoms with Gasteiger partial charge in [0.1, 0.15) is 0 Å². The monoisotopic (exact) mass is 411 g/mol. The van der Waals surface area contributed by atoms with E-state index in [1.54, 1.807) is 17.0 Å². The summed E-state index contributed by atoms with van der Waals surface area (Å²) in [5, 5.41) is 1.18. The van der Waals surface area contributed by atoms with E-state index >= 15 is 0 Å². The molecule has 2 aliphatic rings. The summed E-state index contributed by atoms with van der Waals surface area (Å²) < 4.78 is 0. The maximum atomic E-state index is 13.1. The van der Waals surface area contributed by atoms with Crippen molar-refractivity contribution in [3.05, 3.63) is 64.0 Å². The van der Waals surface area contributed by atoms with Crippen LogP contribution in [0.4, 0.5) is 11.4 Å². The number of thioether (sulfide) groups is 1. The number of amides is 2. The summed E-state index contributed by atoms with van der Waals surface area (Å²) in [6.07, 6.45) is 0.838. The number of rotatable bonds is 3. The van der Waals surface area contributed by atoms with Crippen molar-refractivity contribution in [3.63, 3.8) is 0 Å². The molecule has 5 nitrogen and oxygen atoms in total. The molecule has 0 bridgehead atoms. The van der Waals surface area contributed by atoms with E-state index in [1.807, 2.05) is 55.3 Å². The van der Waals surface area contributed by atoms with Crippen LogP contribution in [0.1, 0.15) is 18.9 Å². The zero-order valence-electron chi connectivity index (χ0n) is 15.5. The number of hydrogen-bond acceptors (Lipinski definition) is 4. The highest BCUT2D eigenvalue weighted by Crippen LogP contribution is 2.43. The summed E-state index contributed by atoms with van der Waals surface area (Å²) in [6, 6.07) is 14.9. The third-order valence-corrected chi connectivity index (χ3v) is 6.07. The van der Waals surface area contributed by atoms with Gasteiger partial charge in [0.25, 0.3) is 11.8 Å². The van der Waals surface area contributed by atoms with Crippen LogP contribution in [0, 0.1) is 0 Å². The number of amidine groups is 1. The van der Waals surface area contributed by atoms with Gasteiger partial charge in [-0.1, -0.05) is 36.7 Å². The van der Waals surface area contributed by atoms with Gasteiger partial charge in [-0.3, -0.25) is 9.59 Å². The number of fused-ring (bicyclic) bond motifs is 1. The molecule has 0 aromatic heterocycles. The molecule has 0 N–H and O–H groups in total. The third kappa shape index (κ3) is 3.12. The Kier molecular flexibility index (Phi) is 5.00. The second kappa shape index (κ2) is 7.45. The SMILES string of the molecule is CCCN1C(=O)/C(=C2\SC(N(C)c3ccc(Cl)cc3)=NC2=O)c2ccccc21. The minimum atomic E-state index is -0.377. The summed E-state index contributed by atoms with van der Waals surface area (Å²) in [5.74, 6) is -0.512. The van der Waals surface area contributed by atoms with Crippen molar-refractivity contribution in [2.75, 3.05) is 23.4 Å². The van der Waals surface area contributed by atoms with Crippen LogP contribution in [-0.2, 0) is 9.59 Å². The first kappa shape index (κ1) is 18.8. The highest BCUT2D eigenvalue weighted by atomic mass is 35.5. The number of carbonyl (C=O) groups is 2. The predicted octanol–water partition coefficient (Wildman–Crippen LogP) is 4.57. The lowest BCUT2D eigenvalue weighted by Crippen LogP contribution is -2.27. The molecule has 2 aromatic carbocycles. The molecular formula is C21H18ClN3O2S. The summed E-state index contributed by atoms with van der Waals surface area (Å²) in [6.45, 7) is 2.64. The highest BCUT2D eigenvalue weighted by Gasteiger charge is 2.38. The van der Waals surface area contributed by atoms with Crippen LogP contribution < -0.4 is 9.80 Å². The van der Waals surface area contributed by atoms with Crippen LogP contribution in [0.3, 0.4) is 0 Å². The van der Waals surface area contributed by atoms with Crippen LogP contribution in [-0.4, -0.2) is 30.6 Å². The smallest absolute Gasteiger partial charge is 0.287 e. The van der Waals surface area contributed by atoms with Gasteiger partial charge in [0.2, 0.25) is 0 Å². The molecular weight excluding hydrogens is 394 g/mol. The first-order valence-corrected chi connectivity index (χ1v) is 10.2. The molecule has 0 unspecified atom stereocenters. The van der Waals surface area contributed by atoms with Crippen molar-refractivity contribution >= 4 is 57.3 Å².